The lowest BCUT2D eigenvalue weighted by atomic mass is 10.1. The van der Waals surface area contributed by atoms with E-state index in [1.54, 1.807) is 33.4 Å². The largest absolute Gasteiger partial charge is 0.497 e. The molecule has 0 heterocycles. The molecule has 0 aliphatic rings. The summed E-state index contributed by atoms with van der Waals surface area (Å²) in [5.41, 5.74) is 0.893. The van der Waals surface area contributed by atoms with Crippen molar-refractivity contribution in [2.24, 2.45) is 4.99 Å². The molecule has 0 aliphatic heterocycles. The number of guanidine groups is 1. The summed E-state index contributed by atoms with van der Waals surface area (Å²) < 4.78 is 29.3. The Bertz CT molecular complexity index is 712. The Morgan fingerprint density at radius 2 is 1.64 bits per heavy atom. The van der Waals surface area contributed by atoms with E-state index in [-0.39, 0.29) is 35.9 Å². The first-order chi connectivity index (χ1) is 13.2. The fourth-order valence-electron chi connectivity index (χ4n) is 2.43. The van der Waals surface area contributed by atoms with Crippen molar-refractivity contribution in [3.8, 4) is 11.5 Å². The van der Waals surface area contributed by atoms with Crippen LogP contribution in [0, 0.1) is 5.82 Å². The maximum atomic E-state index is 13.1. The minimum Gasteiger partial charge on any atom is -0.497 e. The second-order valence-electron chi connectivity index (χ2n) is 5.68. The van der Waals surface area contributed by atoms with Gasteiger partial charge in [0, 0.05) is 20.7 Å². The van der Waals surface area contributed by atoms with Gasteiger partial charge in [0.25, 0.3) is 0 Å². The van der Waals surface area contributed by atoms with Gasteiger partial charge in [-0.2, -0.15) is 0 Å². The van der Waals surface area contributed by atoms with Gasteiger partial charge in [-0.15, -0.1) is 24.0 Å². The van der Waals surface area contributed by atoms with E-state index in [0.29, 0.717) is 25.7 Å². The predicted molar refractivity (Wildman–Crippen MR) is 119 cm³/mol. The normalized spacial score (nSPS) is 11.9. The number of hydrogen-bond acceptors (Lipinski definition) is 4. The molecule has 0 aromatic heterocycles. The molecular weight excluding hydrogens is 476 g/mol. The second-order valence-corrected chi connectivity index (χ2v) is 5.68. The van der Waals surface area contributed by atoms with Crippen LogP contribution < -0.4 is 20.1 Å². The van der Waals surface area contributed by atoms with Gasteiger partial charge >= 0.3 is 0 Å². The first-order valence-corrected chi connectivity index (χ1v) is 8.66. The molecule has 0 saturated heterocycles. The number of benzene rings is 2. The van der Waals surface area contributed by atoms with E-state index in [2.05, 4.69) is 15.6 Å². The molecule has 8 heteroatoms. The number of rotatable bonds is 9. The molecule has 0 fully saturated rings. The number of nitrogens with zero attached hydrogens (tertiary/aromatic N) is 1. The van der Waals surface area contributed by atoms with Gasteiger partial charge in [-0.25, -0.2) is 4.39 Å². The molecule has 2 aromatic carbocycles. The lowest BCUT2D eigenvalue weighted by molar-refractivity contribution is 0.106. The fourth-order valence-corrected chi connectivity index (χ4v) is 2.43. The summed E-state index contributed by atoms with van der Waals surface area (Å²) in [5.74, 6) is 1.93. The minimum atomic E-state index is -0.268. The van der Waals surface area contributed by atoms with Crippen LogP contribution in [-0.2, 0) is 4.74 Å². The van der Waals surface area contributed by atoms with E-state index in [4.69, 9.17) is 14.2 Å². The highest BCUT2D eigenvalue weighted by Gasteiger charge is 2.11. The molecule has 0 bridgehead atoms. The van der Waals surface area contributed by atoms with Crippen LogP contribution in [0.25, 0.3) is 0 Å². The zero-order valence-corrected chi connectivity index (χ0v) is 18.6. The molecule has 28 heavy (non-hydrogen) atoms. The topological polar surface area (TPSA) is 64.1 Å². The third kappa shape index (κ3) is 7.89. The molecular formula is C20H27FIN3O3. The third-order valence-electron chi connectivity index (χ3n) is 3.93. The van der Waals surface area contributed by atoms with Crippen LogP contribution in [-0.4, -0.2) is 46.9 Å². The Morgan fingerprint density at radius 1 is 1.00 bits per heavy atom. The third-order valence-corrected chi connectivity index (χ3v) is 3.93. The lowest BCUT2D eigenvalue weighted by Gasteiger charge is -2.19. The van der Waals surface area contributed by atoms with E-state index < -0.39 is 0 Å². The summed E-state index contributed by atoms with van der Waals surface area (Å²) in [4.78, 5) is 4.18. The molecule has 0 radical (unpaired) electrons. The van der Waals surface area contributed by atoms with Gasteiger partial charge in [0.1, 0.15) is 23.9 Å². The second kappa shape index (κ2) is 13.2. The minimum absolute atomic E-state index is 0. The molecule has 2 aromatic rings. The van der Waals surface area contributed by atoms with Gasteiger partial charge in [0.15, 0.2) is 5.96 Å². The Kier molecular flexibility index (Phi) is 11.3. The van der Waals surface area contributed by atoms with E-state index >= 15 is 0 Å². The summed E-state index contributed by atoms with van der Waals surface area (Å²) in [6.45, 7) is 1.57. The van der Waals surface area contributed by atoms with Gasteiger partial charge in [-0.1, -0.05) is 12.1 Å². The van der Waals surface area contributed by atoms with Crippen LogP contribution >= 0.6 is 24.0 Å². The van der Waals surface area contributed by atoms with Crippen molar-refractivity contribution in [2.45, 2.75) is 6.10 Å². The van der Waals surface area contributed by atoms with Crippen molar-refractivity contribution in [3.63, 3.8) is 0 Å². The summed E-state index contributed by atoms with van der Waals surface area (Å²) in [5, 5.41) is 6.37. The molecule has 6 nitrogen and oxygen atoms in total. The van der Waals surface area contributed by atoms with Crippen molar-refractivity contribution in [1.29, 1.82) is 0 Å². The van der Waals surface area contributed by atoms with Crippen molar-refractivity contribution in [3.05, 3.63) is 59.9 Å². The van der Waals surface area contributed by atoms with Crippen LogP contribution in [0.4, 0.5) is 4.39 Å². The van der Waals surface area contributed by atoms with Crippen molar-refractivity contribution in [2.75, 3.05) is 41.0 Å². The first-order valence-electron chi connectivity index (χ1n) is 8.66. The lowest BCUT2D eigenvalue weighted by Crippen LogP contribution is -2.41. The quantitative estimate of drug-likeness (QED) is 0.238. The van der Waals surface area contributed by atoms with Crippen molar-refractivity contribution < 1.29 is 18.6 Å². The summed E-state index contributed by atoms with van der Waals surface area (Å²) >= 11 is 0. The van der Waals surface area contributed by atoms with Crippen molar-refractivity contribution >= 4 is 29.9 Å². The van der Waals surface area contributed by atoms with Crippen LogP contribution in [0.3, 0.4) is 0 Å². The Morgan fingerprint density at radius 3 is 2.21 bits per heavy atom. The zero-order valence-electron chi connectivity index (χ0n) is 16.3. The van der Waals surface area contributed by atoms with Gasteiger partial charge in [-0.3, -0.25) is 4.99 Å². The Labute approximate surface area is 182 Å². The average molecular weight is 503 g/mol. The standard InChI is InChI=1S/C20H26FN3O3.HI/c1-22-20(23-12-13-27-18-10-8-17(25-2)9-11-18)24-14-19(26-3)15-4-6-16(21)7-5-15;/h4-11,19H,12-14H2,1-3H3,(H2,22,23,24);1H. The fraction of sp³-hybridized carbons (Fsp3) is 0.350. The molecule has 0 amide bonds. The van der Waals surface area contributed by atoms with Crippen LogP contribution in [0.2, 0.25) is 0 Å². The predicted octanol–water partition coefficient (Wildman–Crippen LogP) is 3.38. The smallest absolute Gasteiger partial charge is 0.191 e. The molecule has 0 aliphatic carbocycles. The Balaban J connectivity index is 0.00000392. The molecule has 0 spiro atoms. The molecule has 154 valence electrons. The summed E-state index contributed by atoms with van der Waals surface area (Å²) in [7, 11) is 4.94. The van der Waals surface area contributed by atoms with Crippen LogP contribution in [0.5, 0.6) is 11.5 Å². The highest BCUT2D eigenvalue weighted by Crippen LogP contribution is 2.17. The number of aliphatic imine (C=N–C) groups is 1. The zero-order chi connectivity index (χ0) is 19.5. The number of ether oxygens (including phenoxy) is 3. The van der Waals surface area contributed by atoms with Gasteiger partial charge in [-0.05, 0) is 42.0 Å². The van der Waals surface area contributed by atoms with E-state index in [0.717, 1.165) is 17.1 Å². The van der Waals surface area contributed by atoms with Gasteiger partial charge < -0.3 is 24.8 Å². The highest BCUT2D eigenvalue weighted by atomic mass is 127. The number of hydrogen-bond donors (Lipinski definition) is 2. The SMILES string of the molecule is CN=C(NCCOc1ccc(OC)cc1)NCC(OC)c1ccc(F)cc1.I. The van der Waals surface area contributed by atoms with Crippen molar-refractivity contribution in [1.82, 2.24) is 10.6 Å². The highest BCUT2D eigenvalue weighted by molar-refractivity contribution is 14.0. The molecule has 1 unspecified atom stereocenters. The summed E-state index contributed by atoms with van der Waals surface area (Å²) in [6, 6.07) is 13.7. The Hall–Kier alpha value is -2.07. The maximum Gasteiger partial charge on any atom is 0.191 e. The van der Waals surface area contributed by atoms with E-state index in [9.17, 15) is 4.39 Å². The molecule has 1 atom stereocenters. The van der Waals surface area contributed by atoms with E-state index in [1.165, 1.54) is 12.1 Å². The molecule has 0 saturated carbocycles. The molecule has 2 N–H and O–H groups in total. The maximum absolute atomic E-state index is 13.1. The van der Waals surface area contributed by atoms with Gasteiger partial charge in [0.2, 0.25) is 0 Å². The average Bonchev–Trinajstić information content (AvgIpc) is 2.71. The van der Waals surface area contributed by atoms with E-state index in [1.807, 2.05) is 24.3 Å². The molecule has 2 rings (SSSR count). The van der Waals surface area contributed by atoms with Crippen LogP contribution in [0.15, 0.2) is 53.5 Å². The monoisotopic (exact) mass is 503 g/mol. The van der Waals surface area contributed by atoms with Gasteiger partial charge in [0.05, 0.1) is 19.8 Å². The van der Waals surface area contributed by atoms with Crippen LogP contribution in [0.1, 0.15) is 11.7 Å². The summed E-state index contributed by atoms with van der Waals surface area (Å²) in [6.07, 6.45) is -0.209. The first kappa shape index (κ1) is 24.0. The number of nitrogens with one attached hydrogen (secondary N) is 2. The number of halogens is 2. The number of methoxy groups -OCH3 is 2.